The van der Waals surface area contributed by atoms with Gasteiger partial charge in [-0.05, 0) is 36.8 Å². The minimum Gasteiger partial charge on any atom is -0.190 e. The molecule has 1 fully saturated rings. The summed E-state index contributed by atoms with van der Waals surface area (Å²) in [7, 11) is 0. The number of nitrogens with zero attached hydrogens (tertiary/aromatic N) is 1. The highest BCUT2D eigenvalue weighted by Gasteiger charge is 2.20. The molecule has 1 heterocycles. The van der Waals surface area contributed by atoms with Crippen molar-refractivity contribution in [2.24, 2.45) is 11.8 Å². The fourth-order valence-electron chi connectivity index (χ4n) is 2.92. The standard InChI is InChI=1S/C15H21F2N/c1-2-11-3-5-12(6-4-11)7-8-13-9-10-14(16)18-15(13)17/h9-12H,2-8H2,1H3/t11-,12-. The summed E-state index contributed by atoms with van der Waals surface area (Å²) >= 11 is 0. The monoisotopic (exact) mass is 253 g/mol. The summed E-state index contributed by atoms with van der Waals surface area (Å²) in [6, 6.07) is 2.77. The second-order valence-electron chi connectivity index (χ2n) is 5.42. The second kappa shape index (κ2) is 6.26. The molecule has 3 heteroatoms. The molecule has 0 bridgehead atoms. The third kappa shape index (κ3) is 3.50. The normalized spacial score (nSPS) is 24.2. The molecule has 1 saturated carbocycles. The van der Waals surface area contributed by atoms with Crippen molar-refractivity contribution in [2.45, 2.75) is 51.9 Å². The largest absolute Gasteiger partial charge is 0.218 e. The molecule has 1 aromatic heterocycles. The Balaban J connectivity index is 1.81. The third-order valence-corrected chi connectivity index (χ3v) is 4.26. The SMILES string of the molecule is CC[C@H]1CC[C@H](CCc2ccc(F)nc2F)CC1. The number of hydrogen-bond donors (Lipinski definition) is 0. The van der Waals surface area contributed by atoms with Crippen LogP contribution in [0.5, 0.6) is 0 Å². The first-order chi connectivity index (χ1) is 8.69. The Bertz CT molecular complexity index is 384. The minimum atomic E-state index is -0.736. The predicted molar refractivity (Wildman–Crippen MR) is 68.2 cm³/mol. The van der Waals surface area contributed by atoms with Crippen LogP contribution in [0, 0.1) is 23.7 Å². The molecule has 0 amide bonds. The number of aryl methyl sites for hydroxylation is 1. The van der Waals surface area contributed by atoms with E-state index in [1.807, 2.05) is 0 Å². The lowest BCUT2D eigenvalue weighted by Gasteiger charge is -2.27. The molecule has 0 aliphatic heterocycles. The first-order valence-corrected chi connectivity index (χ1v) is 7.00. The van der Waals surface area contributed by atoms with E-state index in [1.54, 1.807) is 0 Å². The first-order valence-electron chi connectivity index (χ1n) is 7.00. The molecule has 1 nitrogen and oxygen atoms in total. The number of pyridine rings is 1. The van der Waals surface area contributed by atoms with Crippen molar-refractivity contribution in [3.8, 4) is 0 Å². The van der Waals surface area contributed by atoms with E-state index >= 15 is 0 Å². The lowest BCUT2D eigenvalue weighted by Crippen LogP contribution is -2.14. The summed E-state index contributed by atoms with van der Waals surface area (Å²) in [5.74, 6) is 0.222. The number of halogens is 2. The zero-order valence-electron chi connectivity index (χ0n) is 11.0. The Kier molecular flexibility index (Phi) is 4.67. The van der Waals surface area contributed by atoms with Crippen molar-refractivity contribution < 1.29 is 8.78 Å². The third-order valence-electron chi connectivity index (χ3n) is 4.26. The van der Waals surface area contributed by atoms with Gasteiger partial charge in [0.25, 0.3) is 0 Å². The molecule has 0 atom stereocenters. The molecular formula is C15H21F2N. The number of aromatic nitrogens is 1. The summed E-state index contributed by atoms with van der Waals surface area (Å²) in [5, 5.41) is 0. The maximum Gasteiger partial charge on any atom is 0.218 e. The van der Waals surface area contributed by atoms with E-state index < -0.39 is 11.9 Å². The van der Waals surface area contributed by atoms with Gasteiger partial charge in [0, 0.05) is 5.56 Å². The zero-order valence-corrected chi connectivity index (χ0v) is 11.0. The average molecular weight is 253 g/mol. The van der Waals surface area contributed by atoms with Crippen LogP contribution >= 0.6 is 0 Å². The van der Waals surface area contributed by atoms with E-state index in [9.17, 15) is 8.78 Å². The number of rotatable bonds is 4. The van der Waals surface area contributed by atoms with Crippen molar-refractivity contribution in [2.75, 3.05) is 0 Å². The summed E-state index contributed by atoms with van der Waals surface area (Å²) in [4.78, 5) is 3.23. The molecule has 0 aromatic carbocycles. The van der Waals surface area contributed by atoms with Crippen LogP contribution in [0.3, 0.4) is 0 Å². The van der Waals surface area contributed by atoms with Gasteiger partial charge < -0.3 is 0 Å². The van der Waals surface area contributed by atoms with E-state index in [-0.39, 0.29) is 0 Å². The van der Waals surface area contributed by atoms with Crippen molar-refractivity contribution >= 4 is 0 Å². The van der Waals surface area contributed by atoms with Gasteiger partial charge in [0.1, 0.15) is 0 Å². The Morgan fingerprint density at radius 3 is 2.39 bits per heavy atom. The molecule has 100 valence electrons. The van der Waals surface area contributed by atoms with Gasteiger partial charge in [-0.3, -0.25) is 0 Å². The van der Waals surface area contributed by atoms with Gasteiger partial charge in [-0.2, -0.15) is 13.8 Å². The van der Waals surface area contributed by atoms with Crippen molar-refractivity contribution in [1.29, 1.82) is 0 Å². The van der Waals surface area contributed by atoms with Gasteiger partial charge in [0.2, 0.25) is 11.9 Å². The quantitative estimate of drug-likeness (QED) is 0.719. The van der Waals surface area contributed by atoms with E-state index in [1.165, 1.54) is 44.2 Å². The van der Waals surface area contributed by atoms with Gasteiger partial charge in [-0.1, -0.05) is 39.0 Å². The van der Waals surface area contributed by atoms with E-state index in [0.717, 1.165) is 12.3 Å². The highest BCUT2D eigenvalue weighted by Crippen LogP contribution is 2.33. The maximum atomic E-state index is 13.4. The fraction of sp³-hybridized carbons (Fsp3) is 0.667. The van der Waals surface area contributed by atoms with Crippen LogP contribution in [-0.4, -0.2) is 4.98 Å². The van der Waals surface area contributed by atoms with Crippen LogP contribution in [0.4, 0.5) is 8.78 Å². The summed E-state index contributed by atoms with van der Waals surface area (Å²) in [5.41, 5.74) is 0.550. The summed E-state index contributed by atoms with van der Waals surface area (Å²) < 4.78 is 26.0. The van der Waals surface area contributed by atoms with Crippen LogP contribution in [0.2, 0.25) is 0 Å². The second-order valence-corrected chi connectivity index (χ2v) is 5.42. The lowest BCUT2D eigenvalue weighted by atomic mass is 9.79. The highest BCUT2D eigenvalue weighted by molar-refractivity contribution is 5.11. The fourth-order valence-corrected chi connectivity index (χ4v) is 2.92. The van der Waals surface area contributed by atoms with Gasteiger partial charge in [0.05, 0.1) is 0 Å². The first kappa shape index (κ1) is 13.4. The summed E-state index contributed by atoms with van der Waals surface area (Å²) in [6.45, 7) is 2.25. The zero-order chi connectivity index (χ0) is 13.0. The molecule has 1 aromatic rings. The molecular weight excluding hydrogens is 232 g/mol. The average Bonchev–Trinajstić information content (AvgIpc) is 2.38. The Labute approximate surface area is 108 Å². The van der Waals surface area contributed by atoms with Crippen LogP contribution in [0.25, 0.3) is 0 Å². The molecule has 1 aliphatic rings. The van der Waals surface area contributed by atoms with Gasteiger partial charge in [-0.25, -0.2) is 0 Å². The summed E-state index contributed by atoms with van der Waals surface area (Å²) in [6.07, 6.45) is 8.10. The molecule has 0 saturated heterocycles. The molecule has 0 radical (unpaired) electrons. The van der Waals surface area contributed by atoms with E-state index in [4.69, 9.17) is 0 Å². The molecule has 1 aliphatic carbocycles. The Morgan fingerprint density at radius 1 is 1.11 bits per heavy atom. The molecule has 18 heavy (non-hydrogen) atoms. The van der Waals surface area contributed by atoms with Crippen LogP contribution < -0.4 is 0 Å². The van der Waals surface area contributed by atoms with Gasteiger partial charge >= 0.3 is 0 Å². The smallest absolute Gasteiger partial charge is 0.190 e. The Hall–Kier alpha value is -0.990. The number of hydrogen-bond acceptors (Lipinski definition) is 1. The topological polar surface area (TPSA) is 12.9 Å². The van der Waals surface area contributed by atoms with Crippen LogP contribution in [0.15, 0.2) is 12.1 Å². The molecule has 0 unspecified atom stereocenters. The highest BCUT2D eigenvalue weighted by atomic mass is 19.1. The van der Waals surface area contributed by atoms with E-state index in [2.05, 4.69) is 11.9 Å². The van der Waals surface area contributed by atoms with E-state index in [0.29, 0.717) is 17.9 Å². The van der Waals surface area contributed by atoms with Crippen LogP contribution in [0.1, 0.15) is 51.0 Å². The maximum absolute atomic E-state index is 13.4. The van der Waals surface area contributed by atoms with Crippen molar-refractivity contribution in [3.05, 3.63) is 29.6 Å². The molecule has 2 rings (SSSR count). The van der Waals surface area contributed by atoms with Crippen LogP contribution in [-0.2, 0) is 6.42 Å². The molecule has 0 spiro atoms. The Morgan fingerprint density at radius 2 is 1.78 bits per heavy atom. The van der Waals surface area contributed by atoms with Gasteiger partial charge in [-0.15, -0.1) is 0 Å². The lowest BCUT2D eigenvalue weighted by molar-refractivity contribution is 0.258. The minimum absolute atomic E-state index is 0.550. The van der Waals surface area contributed by atoms with Crippen molar-refractivity contribution in [1.82, 2.24) is 4.98 Å². The van der Waals surface area contributed by atoms with Gasteiger partial charge in [0.15, 0.2) is 0 Å². The molecule has 0 N–H and O–H groups in total. The predicted octanol–water partition coefficient (Wildman–Crippen LogP) is 4.51. The van der Waals surface area contributed by atoms with Crippen molar-refractivity contribution in [3.63, 3.8) is 0 Å².